The van der Waals surface area contributed by atoms with Gasteiger partial charge in [-0.3, -0.25) is 4.79 Å². The van der Waals surface area contributed by atoms with Crippen LogP contribution in [0.5, 0.6) is 0 Å². The van der Waals surface area contributed by atoms with Crippen molar-refractivity contribution < 1.29 is 4.79 Å². The Balaban J connectivity index is 1.86. The number of benzene rings is 2. The van der Waals surface area contributed by atoms with Crippen molar-refractivity contribution in [2.75, 3.05) is 6.54 Å². The van der Waals surface area contributed by atoms with Crippen molar-refractivity contribution >= 4 is 21.8 Å². The van der Waals surface area contributed by atoms with Gasteiger partial charge in [0.2, 0.25) is 0 Å². The van der Waals surface area contributed by atoms with Gasteiger partial charge in [-0.15, -0.1) is 0 Å². The lowest BCUT2D eigenvalue weighted by Gasteiger charge is -2.05. The predicted octanol–water partition coefficient (Wildman–Crippen LogP) is 3.22. The van der Waals surface area contributed by atoms with Crippen LogP contribution in [0.2, 0.25) is 0 Å². The SMILES string of the molecule is O=C(NCCc1ccccc1)c1[c]ccc(Br)c1. The monoisotopic (exact) mass is 302 g/mol. The third kappa shape index (κ3) is 3.70. The minimum atomic E-state index is -0.0905. The Morgan fingerprint density at radius 1 is 1.22 bits per heavy atom. The predicted molar refractivity (Wildman–Crippen MR) is 75.5 cm³/mol. The molecular formula is C15H13BrNO. The molecule has 0 atom stereocenters. The van der Waals surface area contributed by atoms with Crippen LogP contribution in [0.3, 0.4) is 0 Å². The van der Waals surface area contributed by atoms with Crippen LogP contribution < -0.4 is 5.32 Å². The maximum atomic E-state index is 11.8. The van der Waals surface area contributed by atoms with Gasteiger partial charge in [-0.1, -0.05) is 52.3 Å². The minimum Gasteiger partial charge on any atom is -0.352 e. The van der Waals surface area contributed by atoms with E-state index in [0.717, 1.165) is 10.9 Å². The summed E-state index contributed by atoms with van der Waals surface area (Å²) in [6.45, 7) is 0.628. The number of hydrogen-bond donors (Lipinski definition) is 1. The summed E-state index contributed by atoms with van der Waals surface area (Å²) in [7, 11) is 0. The first-order chi connectivity index (χ1) is 8.75. The van der Waals surface area contributed by atoms with Gasteiger partial charge in [0.15, 0.2) is 0 Å². The average Bonchev–Trinajstić information content (AvgIpc) is 2.40. The normalized spacial score (nSPS) is 10.1. The molecule has 0 aromatic heterocycles. The molecule has 0 unspecified atom stereocenters. The molecule has 0 aliphatic heterocycles. The second kappa shape index (κ2) is 6.36. The molecule has 0 aliphatic carbocycles. The molecule has 0 heterocycles. The van der Waals surface area contributed by atoms with Crippen molar-refractivity contribution in [1.82, 2.24) is 5.32 Å². The molecule has 2 rings (SSSR count). The zero-order valence-electron chi connectivity index (χ0n) is 9.82. The maximum Gasteiger partial charge on any atom is 0.251 e. The Hall–Kier alpha value is -1.61. The molecular weight excluding hydrogens is 290 g/mol. The summed E-state index contributed by atoms with van der Waals surface area (Å²) >= 11 is 3.34. The van der Waals surface area contributed by atoms with Crippen molar-refractivity contribution in [1.29, 1.82) is 0 Å². The molecule has 0 bridgehead atoms. The molecule has 0 fully saturated rings. The number of rotatable bonds is 4. The average molecular weight is 303 g/mol. The molecule has 0 aliphatic rings. The number of amides is 1. The highest BCUT2D eigenvalue weighted by molar-refractivity contribution is 9.10. The van der Waals surface area contributed by atoms with E-state index in [2.05, 4.69) is 39.4 Å². The number of hydrogen-bond acceptors (Lipinski definition) is 1. The third-order valence-corrected chi connectivity index (χ3v) is 3.04. The van der Waals surface area contributed by atoms with Crippen molar-refractivity contribution in [3.63, 3.8) is 0 Å². The summed E-state index contributed by atoms with van der Waals surface area (Å²) in [5.41, 5.74) is 1.77. The smallest absolute Gasteiger partial charge is 0.251 e. The molecule has 91 valence electrons. The van der Waals surface area contributed by atoms with Gasteiger partial charge in [-0.05, 0) is 30.2 Å². The van der Waals surface area contributed by atoms with E-state index in [0.29, 0.717) is 12.1 Å². The van der Waals surface area contributed by atoms with Crippen LogP contribution >= 0.6 is 15.9 Å². The maximum absolute atomic E-state index is 11.8. The lowest BCUT2D eigenvalue weighted by Crippen LogP contribution is -2.25. The number of halogens is 1. The van der Waals surface area contributed by atoms with E-state index >= 15 is 0 Å². The van der Waals surface area contributed by atoms with Crippen LogP contribution in [0.1, 0.15) is 15.9 Å². The lowest BCUT2D eigenvalue weighted by molar-refractivity contribution is 0.0954. The molecule has 2 aromatic rings. The topological polar surface area (TPSA) is 29.1 Å². The van der Waals surface area contributed by atoms with Crippen LogP contribution in [-0.4, -0.2) is 12.5 Å². The molecule has 18 heavy (non-hydrogen) atoms. The van der Waals surface area contributed by atoms with Crippen LogP contribution in [0.15, 0.2) is 53.0 Å². The number of carbonyl (C=O) groups is 1. The molecule has 1 amide bonds. The number of carbonyl (C=O) groups excluding carboxylic acids is 1. The van der Waals surface area contributed by atoms with Crippen LogP contribution in [0.4, 0.5) is 0 Å². The highest BCUT2D eigenvalue weighted by Crippen LogP contribution is 2.10. The second-order valence-electron chi connectivity index (χ2n) is 3.91. The largest absolute Gasteiger partial charge is 0.352 e. The van der Waals surface area contributed by atoms with Crippen LogP contribution in [0, 0.1) is 6.07 Å². The van der Waals surface area contributed by atoms with Gasteiger partial charge in [-0.25, -0.2) is 0 Å². The summed E-state index contributed by atoms with van der Waals surface area (Å²) in [5.74, 6) is -0.0905. The molecule has 0 spiro atoms. The van der Waals surface area contributed by atoms with Gasteiger partial charge in [0.1, 0.15) is 0 Å². The van der Waals surface area contributed by atoms with Gasteiger partial charge in [0.05, 0.1) is 0 Å². The first-order valence-electron chi connectivity index (χ1n) is 5.75. The van der Waals surface area contributed by atoms with Crippen molar-refractivity contribution in [2.45, 2.75) is 6.42 Å². The van der Waals surface area contributed by atoms with E-state index in [1.165, 1.54) is 5.56 Å². The second-order valence-corrected chi connectivity index (χ2v) is 4.83. The number of nitrogens with one attached hydrogen (secondary N) is 1. The van der Waals surface area contributed by atoms with Gasteiger partial charge in [0, 0.05) is 16.6 Å². The first-order valence-corrected chi connectivity index (χ1v) is 6.54. The quantitative estimate of drug-likeness (QED) is 0.923. The highest BCUT2D eigenvalue weighted by Gasteiger charge is 2.05. The molecule has 3 heteroatoms. The first kappa shape index (κ1) is 12.8. The summed E-state index contributed by atoms with van der Waals surface area (Å²) in [6, 6.07) is 18.3. The van der Waals surface area contributed by atoms with E-state index in [1.807, 2.05) is 24.3 Å². The van der Waals surface area contributed by atoms with E-state index in [-0.39, 0.29) is 5.91 Å². The fourth-order valence-corrected chi connectivity index (χ4v) is 1.99. The molecule has 1 radical (unpaired) electrons. The Morgan fingerprint density at radius 2 is 2.00 bits per heavy atom. The molecule has 1 N–H and O–H groups in total. The Labute approximate surface area is 115 Å². The van der Waals surface area contributed by atoms with Crippen LogP contribution in [-0.2, 0) is 6.42 Å². The summed E-state index contributed by atoms with van der Waals surface area (Å²) in [4.78, 5) is 11.8. The highest BCUT2D eigenvalue weighted by atomic mass is 79.9. The van der Waals surface area contributed by atoms with E-state index in [1.54, 1.807) is 12.1 Å². The van der Waals surface area contributed by atoms with Crippen molar-refractivity contribution in [2.24, 2.45) is 0 Å². The van der Waals surface area contributed by atoms with Gasteiger partial charge in [-0.2, -0.15) is 0 Å². The zero-order valence-corrected chi connectivity index (χ0v) is 11.4. The Kier molecular flexibility index (Phi) is 4.53. The zero-order chi connectivity index (χ0) is 12.8. The van der Waals surface area contributed by atoms with E-state index < -0.39 is 0 Å². The fraction of sp³-hybridized carbons (Fsp3) is 0.133. The Bertz CT molecular complexity index is 525. The molecule has 2 nitrogen and oxygen atoms in total. The third-order valence-electron chi connectivity index (χ3n) is 2.55. The van der Waals surface area contributed by atoms with Gasteiger partial charge >= 0.3 is 0 Å². The van der Waals surface area contributed by atoms with Crippen LogP contribution in [0.25, 0.3) is 0 Å². The molecule has 0 saturated heterocycles. The Morgan fingerprint density at radius 3 is 2.72 bits per heavy atom. The fourth-order valence-electron chi connectivity index (χ4n) is 1.63. The summed E-state index contributed by atoms with van der Waals surface area (Å²) in [6.07, 6.45) is 0.834. The van der Waals surface area contributed by atoms with Crippen molar-refractivity contribution in [3.8, 4) is 0 Å². The summed E-state index contributed by atoms with van der Waals surface area (Å²) in [5, 5.41) is 2.88. The molecule has 2 aromatic carbocycles. The van der Waals surface area contributed by atoms with Crippen molar-refractivity contribution in [3.05, 3.63) is 70.2 Å². The standard InChI is InChI=1S/C15H13BrNO/c16-14-8-4-7-13(11-14)15(18)17-10-9-12-5-2-1-3-6-12/h1-6,8,11H,9-10H2,(H,17,18). The van der Waals surface area contributed by atoms with E-state index in [9.17, 15) is 4.79 Å². The van der Waals surface area contributed by atoms with Gasteiger partial charge in [0.25, 0.3) is 5.91 Å². The molecule has 0 saturated carbocycles. The minimum absolute atomic E-state index is 0.0905. The van der Waals surface area contributed by atoms with E-state index in [4.69, 9.17) is 0 Å². The lowest BCUT2D eigenvalue weighted by atomic mass is 10.1. The summed E-state index contributed by atoms with van der Waals surface area (Å²) < 4.78 is 0.884. The van der Waals surface area contributed by atoms with Gasteiger partial charge < -0.3 is 5.32 Å².